The van der Waals surface area contributed by atoms with E-state index in [0.29, 0.717) is 22.5 Å². The van der Waals surface area contributed by atoms with Crippen LogP contribution in [-0.2, 0) is 17.6 Å². The average molecular weight is 408 g/mol. The Bertz CT molecular complexity index is 1300. The van der Waals surface area contributed by atoms with Crippen molar-refractivity contribution in [3.8, 4) is 0 Å². The maximum atomic E-state index is 12.8. The zero-order valence-corrected chi connectivity index (χ0v) is 16.9. The first-order valence-corrected chi connectivity index (χ1v) is 10.5. The van der Waals surface area contributed by atoms with Gasteiger partial charge in [0.2, 0.25) is 0 Å². The number of hydrogen-bond acceptors (Lipinski definition) is 6. The van der Waals surface area contributed by atoms with Crippen molar-refractivity contribution in [2.75, 3.05) is 0 Å². The van der Waals surface area contributed by atoms with Crippen LogP contribution in [0, 0.1) is 5.92 Å². The van der Waals surface area contributed by atoms with E-state index in [1.165, 1.54) is 4.88 Å². The minimum absolute atomic E-state index is 0.162. The van der Waals surface area contributed by atoms with E-state index < -0.39 is 12.1 Å². The van der Waals surface area contributed by atoms with Gasteiger partial charge in [-0.3, -0.25) is 9.89 Å². The van der Waals surface area contributed by atoms with Crippen LogP contribution in [0.15, 0.2) is 29.1 Å². The molecule has 4 aromatic rings. The standard InChI is InChI=1S/C21H20N4O3S/c1-10-7-8-13-15(9-10)29-20-16(13)19(26)22-18(23-20)11(2)28-21(27)17-12-5-3-4-6-14(12)24-25-17/h3-6,10-11H,7-9H2,1-2H3,(H,24,25)(H,22,23,26)/t10-,11-/m0/s1. The Morgan fingerprint density at radius 3 is 3.03 bits per heavy atom. The lowest BCUT2D eigenvalue weighted by atomic mass is 9.89. The molecule has 0 aliphatic heterocycles. The molecular weight excluding hydrogens is 388 g/mol. The van der Waals surface area contributed by atoms with E-state index in [2.05, 4.69) is 27.1 Å². The highest BCUT2D eigenvalue weighted by molar-refractivity contribution is 7.18. The normalized spacial score (nSPS) is 17.4. The number of aromatic amines is 2. The zero-order chi connectivity index (χ0) is 20.1. The molecule has 0 amide bonds. The molecule has 29 heavy (non-hydrogen) atoms. The van der Waals surface area contributed by atoms with Gasteiger partial charge in [-0.25, -0.2) is 9.78 Å². The highest BCUT2D eigenvalue weighted by atomic mass is 32.1. The van der Waals surface area contributed by atoms with Crippen LogP contribution in [0.25, 0.3) is 21.1 Å². The number of ether oxygens (including phenoxy) is 1. The van der Waals surface area contributed by atoms with Crippen molar-refractivity contribution in [3.05, 3.63) is 56.6 Å². The first-order chi connectivity index (χ1) is 14.0. The maximum Gasteiger partial charge on any atom is 0.360 e. The first-order valence-electron chi connectivity index (χ1n) is 9.70. The summed E-state index contributed by atoms with van der Waals surface area (Å²) in [5.41, 5.74) is 1.95. The number of nitrogens with zero attached hydrogens (tertiary/aromatic N) is 2. The molecule has 0 fully saturated rings. The lowest BCUT2D eigenvalue weighted by molar-refractivity contribution is 0.0315. The van der Waals surface area contributed by atoms with E-state index >= 15 is 0 Å². The summed E-state index contributed by atoms with van der Waals surface area (Å²) in [5.74, 6) is 0.414. The van der Waals surface area contributed by atoms with Gasteiger partial charge in [-0.05, 0) is 43.7 Å². The monoisotopic (exact) mass is 408 g/mol. The highest BCUT2D eigenvalue weighted by Gasteiger charge is 2.25. The number of thiophene rings is 1. The molecule has 2 atom stereocenters. The number of H-pyrrole nitrogens is 2. The maximum absolute atomic E-state index is 12.8. The largest absolute Gasteiger partial charge is 0.450 e. The number of benzene rings is 1. The first kappa shape index (κ1) is 18.1. The van der Waals surface area contributed by atoms with Crippen molar-refractivity contribution in [1.29, 1.82) is 0 Å². The molecule has 148 valence electrons. The number of carbonyl (C=O) groups excluding carboxylic acids is 1. The summed E-state index contributed by atoms with van der Waals surface area (Å²) in [4.78, 5) is 34.8. The van der Waals surface area contributed by atoms with Gasteiger partial charge in [0.05, 0.1) is 10.9 Å². The van der Waals surface area contributed by atoms with Gasteiger partial charge in [0.1, 0.15) is 4.83 Å². The molecule has 5 rings (SSSR count). The lowest BCUT2D eigenvalue weighted by Gasteiger charge is -2.17. The molecule has 3 heterocycles. The second kappa shape index (κ2) is 6.81. The molecule has 0 radical (unpaired) electrons. The molecule has 0 spiro atoms. The Morgan fingerprint density at radius 1 is 1.34 bits per heavy atom. The molecule has 0 bridgehead atoms. The molecular formula is C21H20N4O3S. The number of fused-ring (bicyclic) bond motifs is 4. The fraction of sp³-hybridized carbons (Fsp3) is 0.333. The Kier molecular flexibility index (Phi) is 4.24. The second-order valence-corrected chi connectivity index (χ2v) is 8.73. The molecule has 3 aromatic heterocycles. The Morgan fingerprint density at radius 2 is 2.17 bits per heavy atom. The van der Waals surface area contributed by atoms with Crippen molar-refractivity contribution >= 4 is 38.4 Å². The van der Waals surface area contributed by atoms with Gasteiger partial charge in [0.25, 0.3) is 5.56 Å². The summed E-state index contributed by atoms with van der Waals surface area (Å²) in [7, 11) is 0. The summed E-state index contributed by atoms with van der Waals surface area (Å²) >= 11 is 1.58. The van der Waals surface area contributed by atoms with Crippen LogP contribution in [0.5, 0.6) is 0 Å². The van der Waals surface area contributed by atoms with E-state index in [0.717, 1.165) is 35.2 Å². The van der Waals surface area contributed by atoms with Crippen LogP contribution >= 0.6 is 11.3 Å². The number of aromatic nitrogens is 4. The molecule has 1 aliphatic carbocycles. The third kappa shape index (κ3) is 3.04. The summed E-state index contributed by atoms with van der Waals surface area (Å²) < 4.78 is 5.56. The number of aryl methyl sites for hydroxylation is 1. The molecule has 7 nitrogen and oxygen atoms in total. The van der Waals surface area contributed by atoms with E-state index in [9.17, 15) is 9.59 Å². The van der Waals surface area contributed by atoms with Gasteiger partial charge in [-0.1, -0.05) is 25.1 Å². The zero-order valence-electron chi connectivity index (χ0n) is 16.1. The van der Waals surface area contributed by atoms with Gasteiger partial charge in [-0.15, -0.1) is 11.3 Å². The second-order valence-electron chi connectivity index (χ2n) is 7.65. The van der Waals surface area contributed by atoms with E-state index in [1.807, 2.05) is 24.3 Å². The van der Waals surface area contributed by atoms with Gasteiger partial charge in [0, 0.05) is 10.3 Å². The number of para-hydroxylation sites is 1. The van der Waals surface area contributed by atoms with Crippen LogP contribution < -0.4 is 5.56 Å². The molecule has 1 aliphatic rings. The smallest absolute Gasteiger partial charge is 0.360 e. The third-order valence-corrected chi connectivity index (χ3v) is 6.66. The van der Waals surface area contributed by atoms with Crippen molar-refractivity contribution in [1.82, 2.24) is 20.2 Å². The molecule has 0 saturated carbocycles. The van der Waals surface area contributed by atoms with Crippen LogP contribution in [-0.4, -0.2) is 26.1 Å². The van der Waals surface area contributed by atoms with Gasteiger partial charge in [0.15, 0.2) is 17.6 Å². The van der Waals surface area contributed by atoms with E-state index in [1.54, 1.807) is 18.3 Å². The number of esters is 1. The van der Waals surface area contributed by atoms with Gasteiger partial charge >= 0.3 is 5.97 Å². The fourth-order valence-electron chi connectivity index (χ4n) is 3.95. The predicted molar refractivity (Wildman–Crippen MR) is 111 cm³/mol. The molecule has 1 aromatic carbocycles. The Hall–Kier alpha value is -3.00. The minimum Gasteiger partial charge on any atom is -0.450 e. The van der Waals surface area contributed by atoms with Crippen molar-refractivity contribution in [2.24, 2.45) is 5.92 Å². The Balaban J connectivity index is 1.46. The predicted octanol–water partition coefficient (Wildman–Crippen LogP) is 3.90. The van der Waals surface area contributed by atoms with Crippen molar-refractivity contribution in [2.45, 2.75) is 39.2 Å². The quantitative estimate of drug-likeness (QED) is 0.501. The number of carbonyl (C=O) groups is 1. The van der Waals surface area contributed by atoms with Gasteiger partial charge in [-0.2, -0.15) is 5.10 Å². The summed E-state index contributed by atoms with van der Waals surface area (Å²) in [5, 5.41) is 8.28. The van der Waals surface area contributed by atoms with Gasteiger partial charge < -0.3 is 9.72 Å². The SMILES string of the molecule is C[C@H]1CCc2c(sc3nc([C@H](C)OC(=O)c4n[nH]c5ccccc45)[nH]c(=O)c23)C1. The number of rotatable bonds is 3. The third-order valence-electron chi connectivity index (χ3n) is 5.52. The average Bonchev–Trinajstić information content (AvgIpc) is 3.28. The van der Waals surface area contributed by atoms with Crippen LogP contribution in [0.3, 0.4) is 0 Å². The topological polar surface area (TPSA) is 101 Å². The Labute approximate surface area is 170 Å². The summed E-state index contributed by atoms with van der Waals surface area (Å²) in [6, 6.07) is 7.35. The molecule has 0 unspecified atom stereocenters. The summed E-state index contributed by atoms with van der Waals surface area (Å²) in [6.07, 6.45) is 2.29. The number of nitrogens with one attached hydrogen (secondary N) is 2. The fourth-order valence-corrected chi connectivity index (χ4v) is 5.34. The van der Waals surface area contributed by atoms with E-state index in [4.69, 9.17) is 4.74 Å². The van der Waals surface area contributed by atoms with Crippen LogP contribution in [0.4, 0.5) is 0 Å². The summed E-state index contributed by atoms with van der Waals surface area (Å²) in [6.45, 7) is 3.93. The molecule has 2 N–H and O–H groups in total. The minimum atomic E-state index is -0.701. The highest BCUT2D eigenvalue weighted by Crippen LogP contribution is 2.36. The van der Waals surface area contributed by atoms with E-state index in [-0.39, 0.29) is 11.3 Å². The lowest BCUT2D eigenvalue weighted by Crippen LogP contribution is -2.18. The van der Waals surface area contributed by atoms with Crippen LogP contribution in [0.1, 0.15) is 53.1 Å². The van der Waals surface area contributed by atoms with Crippen LogP contribution in [0.2, 0.25) is 0 Å². The molecule has 0 saturated heterocycles. The van der Waals surface area contributed by atoms with Crippen molar-refractivity contribution in [3.63, 3.8) is 0 Å². The van der Waals surface area contributed by atoms with Crippen molar-refractivity contribution < 1.29 is 9.53 Å². The number of hydrogen-bond donors (Lipinski definition) is 2. The molecule has 8 heteroatoms.